The summed E-state index contributed by atoms with van der Waals surface area (Å²) in [4.78, 5) is 16.9. The molecule has 0 amide bonds. The van der Waals surface area contributed by atoms with Crippen LogP contribution < -0.4 is 15.5 Å². The van der Waals surface area contributed by atoms with Crippen molar-refractivity contribution in [2.45, 2.75) is 12.1 Å². The van der Waals surface area contributed by atoms with Crippen molar-refractivity contribution in [2.75, 3.05) is 84.0 Å². The molecule has 1 aromatic carbocycles. The topological polar surface area (TPSA) is 75.3 Å². The number of carbonyl (C=O) groups is 1. The number of hydrogen-bond donors (Lipinski definition) is 2. The number of nitrogens with zero attached hydrogens (tertiary/aromatic N) is 2. The molecular weight excluding hydrogens is 360 g/mol. The first-order valence-corrected chi connectivity index (χ1v) is 9.82. The molecule has 28 heavy (non-hydrogen) atoms. The van der Waals surface area contributed by atoms with Gasteiger partial charge in [0, 0.05) is 59.9 Å². The molecule has 1 saturated heterocycles. The number of benzene rings is 1. The van der Waals surface area contributed by atoms with Crippen molar-refractivity contribution < 1.29 is 19.0 Å². The number of piperazine rings is 1. The Morgan fingerprint density at radius 3 is 2.57 bits per heavy atom. The summed E-state index contributed by atoms with van der Waals surface area (Å²) in [6.07, 6.45) is 0.819. The van der Waals surface area contributed by atoms with E-state index in [1.807, 2.05) is 18.2 Å². The van der Waals surface area contributed by atoms with E-state index in [0.29, 0.717) is 18.8 Å². The Hall–Kier alpha value is -1.87. The van der Waals surface area contributed by atoms with E-state index in [2.05, 4.69) is 20.4 Å². The summed E-state index contributed by atoms with van der Waals surface area (Å²) in [5, 5.41) is 7.16. The minimum atomic E-state index is -0.328. The van der Waals surface area contributed by atoms with Crippen LogP contribution in [0.15, 0.2) is 18.2 Å². The predicted molar refractivity (Wildman–Crippen MR) is 109 cm³/mol. The summed E-state index contributed by atoms with van der Waals surface area (Å²) in [6.45, 7) is 6.84. The fraction of sp³-hybridized carbons (Fsp3) is 0.650. The maximum Gasteiger partial charge on any atom is 0.337 e. The van der Waals surface area contributed by atoms with Gasteiger partial charge in [-0.05, 0) is 18.2 Å². The quantitative estimate of drug-likeness (QED) is 0.603. The lowest BCUT2D eigenvalue weighted by Crippen LogP contribution is -2.61. The molecule has 0 radical (unpaired) electrons. The van der Waals surface area contributed by atoms with Gasteiger partial charge >= 0.3 is 5.97 Å². The second kappa shape index (κ2) is 9.56. The first-order valence-electron chi connectivity index (χ1n) is 9.82. The molecule has 1 aromatic rings. The Morgan fingerprint density at radius 2 is 1.89 bits per heavy atom. The third kappa shape index (κ3) is 4.41. The predicted octanol–water partition coefficient (Wildman–Crippen LogP) is 0.990. The van der Waals surface area contributed by atoms with Crippen molar-refractivity contribution in [2.24, 2.45) is 0 Å². The smallest absolute Gasteiger partial charge is 0.337 e. The molecule has 8 heteroatoms. The first-order chi connectivity index (χ1) is 13.6. The molecule has 3 rings (SSSR count). The first kappa shape index (κ1) is 20.9. The summed E-state index contributed by atoms with van der Waals surface area (Å²) in [7, 11) is 4.85. The molecule has 0 bridgehead atoms. The number of hydrogen-bond acceptors (Lipinski definition) is 8. The summed E-state index contributed by atoms with van der Waals surface area (Å²) < 4.78 is 15.7. The van der Waals surface area contributed by atoms with Crippen LogP contribution in [0.25, 0.3) is 0 Å². The normalized spacial score (nSPS) is 22.0. The van der Waals surface area contributed by atoms with E-state index < -0.39 is 0 Å². The van der Waals surface area contributed by atoms with Gasteiger partial charge in [0.25, 0.3) is 0 Å². The number of ether oxygens (including phenoxy) is 3. The molecule has 8 nitrogen and oxygen atoms in total. The molecule has 1 fully saturated rings. The highest BCUT2D eigenvalue weighted by atomic mass is 16.5. The molecule has 2 aliphatic heterocycles. The fourth-order valence-electron chi connectivity index (χ4n) is 4.08. The number of esters is 1. The Kier molecular flexibility index (Phi) is 7.12. The van der Waals surface area contributed by atoms with Crippen molar-refractivity contribution in [3.05, 3.63) is 23.8 Å². The van der Waals surface area contributed by atoms with Crippen LogP contribution >= 0.6 is 0 Å². The van der Waals surface area contributed by atoms with Crippen molar-refractivity contribution in [3.8, 4) is 0 Å². The Bertz CT molecular complexity index is 666. The highest BCUT2D eigenvalue weighted by molar-refractivity contribution is 5.93. The maximum absolute atomic E-state index is 12.1. The highest BCUT2D eigenvalue weighted by Crippen LogP contribution is 2.42. The lowest BCUT2D eigenvalue weighted by Gasteiger charge is -2.44. The molecule has 1 unspecified atom stereocenters. The lowest BCUT2D eigenvalue weighted by molar-refractivity contribution is 0.0600. The molecule has 2 heterocycles. The van der Waals surface area contributed by atoms with Gasteiger partial charge in [-0.25, -0.2) is 4.79 Å². The third-order valence-electron chi connectivity index (χ3n) is 5.53. The van der Waals surface area contributed by atoms with Gasteiger partial charge < -0.3 is 29.7 Å². The van der Waals surface area contributed by atoms with E-state index in [-0.39, 0.29) is 11.6 Å². The molecule has 0 saturated carbocycles. The van der Waals surface area contributed by atoms with Gasteiger partial charge in [0.2, 0.25) is 0 Å². The Balaban J connectivity index is 1.94. The van der Waals surface area contributed by atoms with Crippen LogP contribution in [0.2, 0.25) is 0 Å². The largest absolute Gasteiger partial charge is 0.465 e. The summed E-state index contributed by atoms with van der Waals surface area (Å²) in [5.74, 6) is -0.328. The van der Waals surface area contributed by atoms with Crippen molar-refractivity contribution >= 4 is 17.3 Å². The summed E-state index contributed by atoms with van der Waals surface area (Å²) in [5.41, 5.74) is 2.26. The molecule has 0 aromatic heterocycles. The average Bonchev–Trinajstić information content (AvgIpc) is 3.03. The second-order valence-electron chi connectivity index (χ2n) is 7.29. The zero-order valence-corrected chi connectivity index (χ0v) is 17.1. The van der Waals surface area contributed by atoms with Gasteiger partial charge in [0.05, 0.1) is 37.3 Å². The molecule has 2 aliphatic rings. The van der Waals surface area contributed by atoms with Crippen LogP contribution in [0.5, 0.6) is 0 Å². The van der Waals surface area contributed by atoms with Gasteiger partial charge in [-0.2, -0.15) is 0 Å². The van der Waals surface area contributed by atoms with Crippen LogP contribution in [-0.4, -0.2) is 90.3 Å². The zero-order valence-electron chi connectivity index (χ0n) is 17.1. The van der Waals surface area contributed by atoms with Crippen molar-refractivity contribution in [1.82, 2.24) is 10.2 Å². The molecular formula is C20H32N4O4. The van der Waals surface area contributed by atoms with Crippen molar-refractivity contribution in [1.29, 1.82) is 0 Å². The van der Waals surface area contributed by atoms with E-state index in [0.717, 1.165) is 57.1 Å². The van der Waals surface area contributed by atoms with E-state index in [9.17, 15) is 4.79 Å². The van der Waals surface area contributed by atoms with Gasteiger partial charge in [0.15, 0.2) is 0 Å². The number of rotatable bonds is 9. The van der Waals surface area contributed by atoms with Gasteiger partial charge in [-0.3, -0.25) is 4.90 Å². The number of methoxy groups -OCH3 is 3. The van der Waals surface area contributed by atoms with Gasteiger partial charge in [-0.15, -0.1) is 0 Å². The highest BCUT2D eigenvalue weighted by Gasteiger charge is 2.44. The lowest BCUT2D eigenvalue weighted by atomic mass is 10.0. The minimum absolute atomic E-state index is 0.317. The molecule has 0 aliphatic carbocycles. The maximum atomic E-state index is 12.1. The van der Waals surface area contributed by atoms with Gasteiger partial charge in [0.1, 0.15) is 5.66 Å². The number of nitrogens with one attached hydrogen (secondary N) is 2. The minimum Gasteiger partial charge on any atom is -0.465 e. The number of fused-ring (bicyclic) bond motifs is 1. The standard InChI is InChI=1S/C20H32N4O4/c1-26-12-6-20(15-23-9-7-21-8-10-23)22-17-5-4-16(19(25)28-3)14-18(17)24(20)11-13-27-2/h4-5,14,21-22H,6-13,15H2,1-3H3. The molecule has 2 N–H and O–H groups in total. The number of carbonyl (C=O) groups excluding carboxylic acids is 1. The second-order valence-corrected chi connectivity index (χ2v) is 7.29. The zero-order chi connectivity index (χ0) is 20.0. The van der Waals surface area contributed by atoms with E-state index in [4.69, 9.17) is 14.2 Å². The summed E-state index contributed by atoms with van der Waals surface area (Å²) >= 11 is 0. The monoisotopic (exact) mass is 392 g/mol. The molecule has 1 atom stereocenters. The van der Waals surface area contributed by atoms with Crippen LogP contribution in [-0.2, 0) is 14.2 Å². The van der Waals surface area contributed by atoms with E-state index in [1.54, 1.807) is 14.2 Å². The van der Waals surface area contributed by atoms with E-state index in [1.165, 1.54) is 7.11 Å². The SMILES string of the molecule is COCCN1c2cc(C(=O)OC)ccc2NC1(CCOC)CN1CCNCC1. The van der Waals surface area contributed by atoms with E-state index >= 15 is 0 Å². The fourth-order valence-corrected chi connectivity index (χ4v) is 4.08. The number of anilines is 2. The van der Waals surface area contributed by atoms with Gasteiger partial charge in [-0.1, -0.05) is 0 Å². The van der Waals surface area contributed by atoms with Crippen molar-refractivity contribution in [3.63, 3.8) is 0 Å². The average molecular weight is 393 g/mol. The van der Waals surface area contributed by atoms with Crippen LogP contribution in [0.3, 0.4) is 0 Å². The molecule has 156 valence electrons. The molecule has 0 spiro atoms. The van der Waals surface area contributed by atoms with Crippen LogP contribution in [0, 0.1) is 0 Å². The van der Waals surface area contributed by atoms with Crippen LogP contribution in [0.4, 0.5) is 11.4 Å². The third-order valence-corrected chi connectivity index (χ3v) is 5.53. The Morgan fingerprint density at radius 1 is 1.14 bits per heavy atom. The van der Waals surface area contributed by atoms with Crippen LogP contribution in [0.1, 0.15) is 16.8 Å². The summed E-state index contributed by atoms with van der Waals surface area (Å²) in [6, 6.07) is 5.69. The Labute approximate surface area is 167 Å².